The van der Waals surface area contributed by atoms with Crippen molar-refractivity contribution < 1.29 is 8.78 Å². The molecule has 0 spiro atoms. The second kappa shape index (κ2) is 8.39. The van der Waals surface area contributed by atoms with Gasteiger partial charge in [-0.2, -0.15) is 0 Å². The number of piperazine rings is 1. The van der Waals surface area contributed by atoms with E-state index in [1.165, 1.54) is 0 Å². The molecule has 1 N–H and O–H groups in total. The minimum atomic E-state index is -0.705. The van der Waals surface area contributed by atoms with E-state index in [1.807, 2.05) is 6.08 Å². The summed E-state index contributed by atoms with van der Waals surface area (Å²) < 4.78 is 28.4. The first-order chi connectivity index (χ1) is 10.6. The minimum absolute atomic E-state index is 0.0398. The molecular weight excluding hydrogens is 282 g/mol. The van der Waals surface area contributed by atoms with Crippen molar-refractivity contribution in [2.24, 2.45) is 0 Å². The van der Waals surface area contributed by atoms with E-state index in [0.29, 0.717) is 11.1 Å². The maximum absolute atomic E-state index is 14.4. The predicted molar refractivity (Wildman–Crippen MR) is 86.9 cm³/mol. The third-order valence-electron chi connectivity index (χ3n) is 4.39. The van der Waals surface area contributed by atoms with Crippen LogP contribution in [0.3, 0.4) is 0 Å². The van der Waals surface area contributed by atoms with Crippen LogP contribution < -0.4 is 5.32 Å². The Morgan fingerprint density at radius 3 is 2.64 bits per heavy atom. The Bertz CT molecular complexity index is 496. The van der Waals surface area contributed by atoms with Crippen molar-refractivity contribution in [3.05, 3.63) is 47.5 Å². The molecule has 1 saturated heterocycles. The van der Waals surface area contributed by atoms with Crippen LogP contribution in [0.1, 0.15) is 42.9 Å². The summed E-state index contributed by atoms with van der Waals surface area (Å²) in [6, 6.07) is 3.41. The second-order valence-electron chi connectivity index (χ2n) is 5.97. The van der Waals surface area contributed by atoms with Crippen LogP contribution in [-0.2, 0) is 0 Å². The van der Waals surface area contributed by atoms with Crippen LogP contribution in [0.2, 0.25) is 0 Å². The molecule has 0 saturated carbocycles. The van der Waals surface area contributed by atoms with Crippen molar-refractivity contribution in [2.45, 2.75) is 38.6 Å². The van der Waals surface area contributed by atoms with Crippen LogP contribution in [0.25, 0.3) is 0 Å². The van der Waals surface area contributed by atoms with E-state index in [9.17, 15) is 8.78 Å². The highest BCUT2D eigenvalue weighted by molar-refractivity contribution is 5.28. The maximum atomic E-state index is 14.4. The first-order valence-corrected chi connectivity index (χ1v) is 8.15. The van der Waals surface area contributed by atoms with Gasteiger partial charge < -0.3 is 5.32 Å². The minimum Gasteiger partial charge on any atom is -0.314 e. The number of hydrogen-bond donors (Lipinski definition) is 1. The predicted octanol–water partition coefficient (Wildman–Crippen LogP) is 3.97. The van der Waals surface area contributed by atoms with E-state index in [0.717, 1.165) is 51.9 Å². The van der Waals surface area contributed by atoms with Crippen molar-refractivity contribution in [2.75, 3.05) is 26.2 Å². The number of nitrogens with zero attached hydrogens (tertiary/aromatic N) is 1. The Labute approximate surface area is 132 Å². The molecule has 22 heavy (non-hydrogen) atoms. The third-order valence-corrected chi connectivity index (χ3v) is 4.39. The quantitative estimate of drug-likeness (QED) is 0.606. The molecule has 1 heterocycles. The lowest BCUT2D eigenvalue weighted by molar-refractivity contribution is 0.159. The van der Waals surface area contributed by atoms with Gasteiger partial charge in [-0.25, -0.2) is 8.78 Å². The lowest BCUT2D eigenvalue weighted by Gasteiger charge is -2.35. The lowest BCUT2D eigenvalue weighted by Crippen LogP contribution is -2.45. The number of rotatable bonds is 7. The second-order valence-corrected chi connectivity index (χ2v) is 5.97. The summed E-state index contributed by atoms with van der Waals surface area (Å²) in [6.07, 6.45) is 5.77. The van der Waals surface area contributed by atoms with Gasteiger partial charge in [0.2, 0.25) is 0 Å². The van der Waals surface area contributed by atoms with Crippen LogP contribution in [0.5, 0.6) is 0 Å². The Balaban J connectivity index is 2.18. The first-order valence-electron chi connectivity index (χ1n) is 8.15. The molecule has 1 fully saturated rings. The fourth-order valence-corrected chi connectivity index (χ4v) is 3.07. The van der Waals surface area contributed by atoms with Gasteiger partial charge in [-0.15, -0.1) is 6.58 Å². The summed E-state index contributed by atoms with van der Waals surface area (Å²) in [6.45, 7) is 8.89. The molecule has 1 atom stereocenters. The number of nitrogens with one attached hydrogen (secondary N) is 1. The number of halogens is 2. The summed E-state index contributed by atoms with van der Waals surface area (Å²) >= 11 is 0. The van der Waals surface area contributed by atoms with Gasteiger partial charge in [-0.3, -0.25) is 4.90 Å². The van der Waals surface area contributed by atoms with E-state index in [-0.39, 0.29) is 6.04 Å². The number of unbranched alkanes of at least 4 members (excludes halogenated alkanes) is 2. The number of allylic oxidation sites excluding steroid dienone is 1. The third kappa shape index (κ3) is 4.14. The SMILES string of the molecule is C=CCCCC[C@@H](c1ccc(C)c(F)c1F)N1CCNCC1. The van der Waals surface area contributed by atoms with Crippen molar-refractivity contribution in [3.8, 4) is 0 Å². The monoisotopic (exact) mass is 308 g/mol. The van der Waals surface area contributed by atoms with Crippen LogP contribution in [0.4, 0.5) is 8.78 Å². The van der Waals surface area contributed by atoms with Gasteiger partial charge in [0.15, 0.2) is 11.6 Å². The molecule has 0 bridgehead atoms. The van der Waals surface area contributed by atoms with Crippen LogP contribution >= 0.6 is 0 Å². The summed E-state index contributed by atoms with van der Waals surface area (Å²) in [5.74, 6) is -1.38. The highest BCUT2D eigenvalue weighted by atomic mass is 19.2. The van der Waals surface area contributed by atoms with Crippen LogP contribution in [0.15, 0.2) is 24.8 Å². The normalized spacial score (nSPS) is 17.4. The lowest BCUT2D eigenvalue weighted by atomic mass is 9.96. The topological polar surface area (TPSA) is 15.3 Å². The Kier molecular flexibility index (Phi) is 6.52. The van der Waals surface area contributed by atoms with E-state index < -0.39 is 11.6 Å². The number of benzene rings is 1. The molecule has 4 heteroatoms. The van der Waals surface area contributed by atoms with Gasteiger partial charge in [-0.1, -0.05) is 24.6 Å². The molecule has 1 aliphatic heterocycles. The number of aryl methyl sites for hydroxylation is 1. The summed E-state index contributed by atoms with van der Waals surface area (Å²) in [7, 11) is 0. The van der Waals surface area contributed by atoms with Gasteiger partial charge >= 0.3 is 0 Å². The smallest absolute Gasteiger partial charge is 0.163 e. The van der Waals surface area contributed by atoms with E-state index in [2.05, 4.69) is 16.8 Å². The Hall–Kier alpha value is -1.26. The van der Waals surface area contributed by atoms with Gasteiger partial charge in [0.1, 0.15) is 0 Å². The molecule has 0 radical (unpaired) electrons. The number of hydrogen-bond acceptors (Lipinski definition) is 2. The molecule has 1 aromatic rings. The van der Waals surface area contributed by atoms with Gasteiger partial charge in [0.05, 0.1) is 0 Å². The highest BCUT2D eigenvalue weighted by Gasteiger charge is 2.26. The van der Waals surface area contributed by atoms with Crippen molar-refractivity contribution >= 4 is 0 Å². The van der Waals surface area contributed by atoms with Crippen molar-refractivity contribution in [1.29, 1.82) is 0 Å². The molecule has 2 nitrogen and oxygen atoms in total. The fourth-order valence-electron chi connectivity index (χ4n) is 3.07. The molecule has 122 valence electrons. The highest BCUT2D eigenvalue weighted by Crippen LogP contribution is 2.31. The van der Waals surface area contributed by atoms with Crippen LogP contribution in [0, 0.1) is 18.6 Å². The zero-order valence-electron chi connectivity index (χ0n) is 13.4. The van der Waals surface area contributed by atoms with Crippen molar-refractivity contribution in [1.82, 2.24) is 10.2 Å². The molecule has 1 aliphatic rings. The van der Waals surface area contributed by atoms with Gasteiger partial charge in [-0.05, 0) is 31.7 Å². The molecule has 1 aromatic carbocycles. The van der Waals surface area contributed by atoms with Gasteiger partial charge in [0, 0.05) is 37.8 Å². The fraction of sp³-hybridized carbons (Fsp3) is 0.556. The molecule has 0 unspecified atom stereocenters. The molecule has 0 aromatic heterocycles. The largest absolute Gasteiger partial charge is 0.314 e. The van der Waals surface area contributed by atoms with Gasteiger partial charge in [0.25, 0.3) is 0 Å². The first kappa shape index (κ1) is 17.1. The van der Waals surface area contributed by atoms with Crippen LogP contribution in [-0.4, -0.2) is 31.1 Å². The molecule has 2 rings (SSSR count). The summed E-state index contributed by atoms with van der Waals surface area (Å²) in [5.41, 5.74) is 0.871. The van der Waals surface area contributed by atoms with E-state index >= 15 is 0 Å². The average Bonchev–Trinajstić information content (AvgIpc) is 2.55. The average molecular weight is 308 g/mol. The standard InChI is InChI=1S/C18H26F2N2/c1-3-4-5-6-7-16(22-12-10-21-11-13-22)15-9-8-14(2)17(19)18(15)20/h3,8-9,16,21H,1,4-7,10-13H2,2H3/t16-/m0/s1. The van der Waals surface area contributed by atoms with E-state index in [4.69, 9.17) is 0 Å². The Morgan fingerprint density at radius 2 is 1.95 bits per heavy atom. The molecule has 0 amide bonds. The zero-order valence-corrected chi connectivity index (χ0v) is 13.4. The zero-order chi connectivity index (χ0) is 15.9. The summed E-state index contributed by atoms with van der Waals surface area (Å²) in [5, 5.41) is 3.31. The maximum Gasteiger partial charge on any atom is 0.163 e. The van der Waals surface area contributed by atoms with Crippen molar-refractivity contribution in [3.63, 3.8) is 0 Å². The molecule has 0 aliphatic carbocycles. The Morgan fingerprint density at radius 1 is 1.23 bits per heavy atom. The molecular formula is C18H26F2N2. The van der Waals surface area contributed by atoms with E-state index in [1.54, 1.807) is 19.1 Å². The summed E-state index contributed by atoms with van der Waals surface area (Å²) in [4.78, 5) is 2.28.